The lowest BCUT2D eigenvalue weighted by Crippen LogP contribution is -2.40. The molecule has 5 heteroatoms. The van der Waals surface area contributed by atoms with Gasteiger partial charge in [-0.1, -0.05) is 32.0 Å². The number of carbonyl (C=O) groups is 1. The van der Waals surface area contributed by atoms with Gasteiger partial charge in [0, 0.05) is 38.3 Å². The van der Waals surface area contributed by atoms with Crippen LogP contribution in [0.1, 0.15) is 37.7 Å². The van der Waals surface area contributed by atoms with Crippen molar-refractivity contribution in [1.82, 2.24) is 20.0 Å². The Bertz CT molecular complexity index is 780. The highest BCUT2D eigenvalue weighted by Crippen LogP contribution is 2.27. The largest absolute Gasteiger partial charge is 0.352 e. The first kappa shape index (κ1) is 18.6. The molecule has 1 aromatic carbocycles. The molecule has 1 aliphatic rings. The van der Waals surface area contributed by atoms with Crippen molar-refractivity contribution in [3.8, 4) is 5.69 Å². The molecule has 1 N–H and O–H groups in total. The Kier molecular flexibility index (Phi) is 5.47. The summed E-state index contributed by atoms with van der Waals surface area (Å²) in [6.45, 7) is 13.0. The summed E-state index contributed by atoms with van der Waals surface area (Å²) in [5.41, 5.74) is 4.59. The number of benzene rings is 1. The van der Waals surface area contributed by atoms with E-state index in [1.54, 1.807) is 6.92 Å². The van der Waals surface area contributed by atoms with E-state index in [1.807, 2.05) is 11.6 Å². The summed E-state index contributed by atoms with van der Waals surface area (Å²) in [4.78, 5) is 14.0. The van der Waals surface area contributed by atoms with E-state index in [0.29, 0.717) is 11.8 Å². The highest BCUT2D eigenvalue weighted by Gasteiger charge is 2.35. The fourth-order valence-corrected chi connectivity index (χ4v) is 4.10. The van der Waals surface area contributed by atoms with Crippen LogP contribution in [0, 0.1) is 25.7 Å². The molecule has 26 heavy (non-hydrogen) atoms. The van der Waals surface area contributed by atoms with Crippen LogP contribution in [0.25, 0.3) is 5.69 Å². The third-order valence-electron chi connectivity index (χ3n) is 5.31. The highest BCUT2D eigenvalue weighted by atomic mass is 16.1. The number of nitrogens with one attached hydrogen (secondary N) is 1. The van der Waals surface area contributed by atoms with Crippen molar-refractivity contribution in [3.63, 3.8) is 0 Å². The number of hydrogen-bond donors (Lipinski definition) is 1. The molecule has 0 unspecified atom stereocenters. The molecule has 3 rings (SSSR count). The Morgan fingerprint density at radius 2 is 2.00 bits per heavy atom. The summed E-state index contributed by atoms with van der Waals surface area (Å²) in [6.07, 6.45) is 0. The summed E-state index contributed by atoms with van der Waals surface area (Å²) >= 11 is 0. The highest BCUT2D eigenvalue weighted by molar-refractivity contribution is 5.73. The van der Waals surface area contributed by atoms with Crippen molar-refractivity contribution >= 4 is 5.91 Å². The molecule has 0 saturated carbocycles. The number of likely N-dealkylation sites (tertiary alicyclic amines) is 1. The summed E-state index contributed by atoms with van der Waals surface area (Å²) in [7, 11) is 0. The van der Waals surface area contributed by atoms with Crippen LogP contribution < -0.4 is 5.32 Å². The van der Waals surface area contributed by atoms with Crippen molar-refractivity contribution in [2.24, 2.45) is 11.8 Å². The first-order valence-corrected chi connectivity index (χ1v) is 9.46. The van der Waals surface area contributed by atoms with Gasteiger partial charge in [-0.2, -0.15) is 5.10 Å². The van der Waals surface area contributed by atoms with Crippen molar-refractivity contribution < 1.29 is 4.79 Å². The zero-order valence-corrected chi connectivity index (χ0v) is 16.5. The van der Waals surface area contributed by atoms with Gasteiger partial charge in [-0.3, -0.25) is 9.69 Å². The maximum absolute atomic E-state index is 11.6. The third-order valence-corrected chi connectivity index (χ3v) is 5.31. The monoisotopic (exact) mass is 354 g/mol. The van der Waals surface area contributed by atoms with E-state index in [9.17, 15) is 4.79 Å². The van der Waals surface area contributed by atoms with E-state index in [0.717, 1.165) is 36.7 Å². The Morgan fingerprint density at radius 3 is 2.62 bits per heavy atom. The molecule has 1 aromatic heterocycles. The molecular formula is C21H30N4O. The fraction of sp³-hybridized carbons (Fsp3) is 0.524. The molecule has 5 nitrogen and oxygen atoms in total. The minimum absolute atomic E-state index is 0.0607. The maximum atomic E-state index is 11.6. The normalized spacial score (nSPS) is 20.7. The van der Waals surface area contributed by atoms with Crippen molar-refractivity contribution in [3.05, 3.63) is 47.3 Å². The van der Waals surface area contributed by atoms with E-state index in [4.69, 9.17) is 0 Å². The lowest BCUT2D eigenvalue weighted by molar-refractivity contribution is -0.119. The van der Waals surface area contributed by atoms with Crippen LogP contribution in [0.4, 0.5) is 0 Å². The van der Waals surface area contributed by atoms with Gasteiger partial charge in [-0.15, -0.1) is 0 Å². The average molecular weight is 354 g/mol. The van der Waals surface area contributed by atoms with E-state index in [1.165, 1.54) is 5.56 Å². The van der Waals surface area contributed by atoms with E-state index in [-0.39, 0.29) is 11.9 Å². The van der Waals surface area contributed by atoms with E-state index in [2.05, 4.69) is 66.4 Å². The number of carbonyl (C=O) groups excluding carboxylic acids is 1. The van der Waals surface area contributed by atoms with Gasteiger partial charge in [-0.25, -0.2) is 4.68 Å². The van der Waals surface area contributed by atoms with Crippen molar-refractivity contribution in [2.45, 2.75) is 47.2 Å². The predicted molar refractivity (Wildman–Crippen MR) is 104 cm³/mol. The minimum atomic E-state index is 0.0607. The molecule has 0 aliphatic carbocycles. The number of hydrogen-bond acceptors (Lipinski definition) is 3. The van der Waals surface area contributed by atoms with Gasteiger partial charge in [0.15, 0.2) is 0 Å². The van der Waals surface area contributed by atoms with Crippen LogP contribution in [0.3, 0.4) is 0 Å². The number of rotatable bonds is 5. The van der Waals surface area contributed by atoms with Gasteiger partial charge in [0.05, 0.1) is 11.4 Å². The average Bonchev–Trinajstić information content (AvgIpc) is 3.10. The molecule has 0 radical (unpaired) electrons. The number of nitrogens with zero attached hydrogens (tertiary/aromatic N) is 3. The first-order valence-electron chi connectivity index (χ1n) is 9.46. The molecule has 2 atom stereocenters. The summed E-state index contributed by atoms with van der Waals surface area (Å²) in [6, 6.07) is 10.8. The third kappa shape index (κ3) is 3.98. The summed E-state index contributed by atoms with van der Waals surface area (Å²) < 4.78 is 2.03. The fourth-order valence-electron chi connectivity index (χ4n) is 4.10. The second kappa shape index (κ2) is 7.62. The smallest absolute Gasteiger partial charge is 0.217 e. The molecule has 1 saturated heterocycles. The zero-order valence-electron chi connectivity index (χ0n) is 16.5. The van der Waals surface area contributed by atoms with Gasteiger partial charge in [0.25, 0.3) is 0 Å². The standard InChI is InChI=1S/C21H30N4O/c1-14(2)19-12-24(13-20(19)22-17(5)26)11-18-8-6-7-9-21(18)25-16(4)10-15(3)23-25/h6-10,14,19-20H,11-13H2,1-5H3,(H,22,26)/t19-,20+/m0/s1. The second-order valence-electron chi connectivity index (χ2n) is 7.88. The van der Waals surface area contributed by atoms with E-state index < -0.39 is 0 Å². The number of amides is 1. The molecule has 1 fully saturated rings. The quantitative estimate of drug-likeness (QED) is 0.898. The van der Waals surface area contributed by atoms with Crippen LogP contribution in [0.15, 0.2) is 30.3 Å². The molecular weight excluding hydrogens is 324 g/mol. The summed E-state index contributed by atoms with van der Waals surface area (Å²) in [5.74, 6) is 1.09. The van der Waals surface area contributed by atoms with Crippen LogP contribution in [0.2, 0.25) is 0 Å². The molecule has 140 valence electrons. The van der Waals surface area contributed by atoms with Crippen LogP contribution >= 0.6 is 0 Å². The van der Waals surface area contributed by atoms with Crippen molar-refractivity contribution in [2.75, 3.05) is 13.1 Å². The Morgan fingerprint density at radius 1 is 1.27 bits per heavy atom. The number of aryl methyl sites for hydroxylation is 2. The van der Waals surface area contributed by atoms with Crippen molar-refractivity contribution in [1.29, 1.82) is 0 Å². The zero-order chi connectivity index (χ0) is 18.8. The number of para-hydroxylation sites is 1. The SMILES string of the molecule is CC(=O)N[C@@H]1CN(Cc2ccccc2-n2nc(C)cc2C)C[C@H]1C(C)C. The van der Waals surface area contributed by atoms with Crippen LogP contribution in [-0.2, 0) is 11.3 Å². The molecule has 1 amide bonds. The lowest BCUT2D eigenvalue weighted by atomic mass is 9.91. The molecule has 0 spiro atoms. The van der Waals surface area contributed by atoms with Crippen LogP contribution in [-0.4, -0.2) is 39.7 Å². The minimum Gasteiger partial charge on any atom is -0.352 e. The molecule has 0 bridgehead atoms. The maximum Gasteiger partial charge on any atom is 0.217 e. The molecule has 2 aromatic rings. The Hall–Kier alpha value is -2.14. The van der Waals surface area contributed by atoms with Crippen LogP contribution in [0.5, 0.6) is 0 Å². The predicted octanol–water partition coefficient (Wildman–Crippen LogP) is 3.08. The number of aromatic nitrogens is 2. The summed E-state index contributed by atoms with van der Waals surface area (Å²) in [5, 5.41) is 7.80. The van der Waals surface area contributed by atoms with Gasteiger partial charge < -0.3 is 5.32 Å². The Balaban J connectivity index is 1.82. The van der Waals surface area contributed by atoms with E-state index >= 15 is 0 Å². The second-order valence-corrected chi connectivity index (χ2v) is 7.88. The Labute approximate surface area is 156 Å². The molecule has 2 heterocycles. The van der Waals surface area contributed by atoms with Gasteiger partial charge in [-0.05, 0) is 43.4 Å². The van der Waals surface area contributed by atoms with Gasteiger partial charge in [0.1, 0.15) is 0 Å². The first-order chi connectivity index (χ1) is 12.3. The van der Waals surface area contributed by atoms with Gasteiger partial charge in [0.2, 0.25) is 5.91 Å². The molecule has 1 aliphatic heterocycles. The van der Waals surface area contributed by atoms with Gasteiger partial charge >= 0.3 is 0 Å². The lowest BCUT2D eigenvalue weighted by Gasteiger charge is -2.22. The topological polar surface area (TPSA) is 50.2 Å².